The quantitative estimate of drug-likeness (QED) is 0.495. The van der Waals surface area contributed by atoms with Crippen molar-refractivity contribution in [2.45, 2.75) is 64.6 Å². The fourth-order valence-corrected chi connectivity index (χ4v) is 5.22. The Hall–Kier alpha value is -3.61. The van der Waals surface area contributed by atoms with Gasteiger partial charge in [-0.15, -0.1) is 0 Å². The summed E-state index contributed by atoms with van der Waals surface area (Å²) >= 11 is 0. The maximum Gasteiger partial charge on any atom is 0.251 e. The summed E-state index contributed by atoms with van der Waals surface area (Å²) in [6, 6.07) is 9.88. The Labute approximate surface area is 212 Å². The van der Waals surface area contributed by atoms with Gasteiger partial charge in [-0.2, -0.15) is 0 Å². The number of rotatable bonds is 7. The van der Waals surface area contributed by atoms with Crippen LogP contribution in [-0.2, 0) is 19.4 Å². The van der Waals surface area contributed by atoms with Gasteiger partial charge in [0.25, 0.3) is 5.91 Å². The number of benzene rings is 2. The third-order valence-electron chi connectivity index (χ3n) is 6.74. The number of amides is 1. The van der Waals surface area contributed by atoms with E-state index in [-0.39, 0.29) is 17.0 Å². The molecule has 0 saturated heterocycles. The predicted molar refractivity (Wildman–Crippen MR) is 140 cm³/mol. The minimum atomic E-state index is -0.318. The molecule has 0 unspecified atom stereocenters. The number of aromatic nitrogens is 2. The van der Waals surface area contributed by atoms with Crippen LogP contribution in [0.1, 0.15) is 66.7 Å². The smallest absolute Gasteiger partial charge is 0.251 e. The van der Waals surface area contributed by atoms with Crippen molar-refractivity contribution >= 4 is 11.6 Å². The van der Waals surface area contributed by atoms with Crippen molar-refractivity contribution in [2.24, 2.45) is 4.99 Å². The summed E-state index contributed by atoms with van der Waals surface area (Å²) in [7, 11) is 1.69. The van der Waals surface area contributed by atoms with Gasteiger partial charge in [-0.3, -0.25) is 9.79 Å². The lowest BCUT2D eigenvalue weighted by molar-refractivity contribution is 0.0952. The van der Waals surface area contributed by atoms with Crippen LogP contribution in [0.4, 0.5) is 0 Å². The molecule has 2 aliphatic rings. The Morgan fingerprint density at radius 1 is 1.19 bits per heavy atom. The topological polar surface area (TPSA) is 77.7 Å². The molecule has 0 fully saturated rings. The van der Waals surface area contributed by atoms with Crippen LogP contribution in [0.25, 0.3) is 0 Å². The lowest BCUT2D eigenvalue weighted by Gasteiger charge is -2.31. The Bertz CT molecular complexity index is 1320. The molecule has 0 aliphatic carbocycles. The van der Waals surface area contributed by atoms with Gasteiger partial charge in [0.15, 0.2) is 11.5 Å². The van der Waals surface area contributed by atoms with Crippen LogP contribution in [0.5, 0.6) is 11.5 Å². The van der Waals surface area contributed by atoms with E-state index in [1.807, 2.05) is 35.0 Å². The summed E-state index contributed by atoms with van der Waals surface area (Å²) in [6.45, 7) is 9.90. The molecule has 3 heterocycles. The van der Waals surface area contributed by atoms with E-state index in [9.17, 15) is 4.79 Å². The molecule has 7 nitrogen and oxygen atoms in total. The van der Waals surface area contributed by atoms with Crippen LogP contribution < -0.4 is 14.8 Å². The highest BCUT2D eigenvalue weighted by atomic mass is 16.5. The Balaban J connectivity index is 1.45. The molecule has 7 heteroatoms. The maximum atomic E-state index is 13.0. The first-order chi connectivity index (χ1) is 17.2. The summed E-state index contributed by atoms with van der Waals surface area (Å²) in [5.74, 6) is 1.50. The SMILES string of the molecule is COc1cc2c(c3c1OC(C)(C)C3)C(c1cccc(C(=O)NCCCn3ccnc3)c1)=NC(C)(C)C2. The van der Waals surface area contributed by atoms with Crippen LogP contribution in [0.3, 0.4) is 0 Å². The second-order valence-electron chi connectivity index (χ2n) is 10.9. The van der Waals surface area contributed by atoms with Crippen LogP contribution in [0, 0.1) is 0 Å². The van der Waals surface area contributed by atoms with Crippen molar-refractivity contribution in [3.8, 4) is 11.5 Å². The summed E-state index contributed by atoms with van der Waals surface area (Å²) in [5, 5.41) is 3.05. The van der Waals surface area contributed by atoms with E-state index in [1.54, 1.807) is 19.6 Å². The zero-order chi connectivity index (χ0) is 25.5. The number of nitrogens with zero attached hydrogens (tertiary/aromatic N) is 3. The molecule has 0 radical (unpaired) electrons. The van der Waals surface area contributed by atoms with E-state index >= 15 is 0 Å². The van der Waals surface area contributed by atoms with Crippen molar-refractivity contribution < 1.29 is 14.3 Å². The zero-order valence-electron chi connectivity index (χ0n) is 21.7. The Morgan fingerprint density at radius 2 is 2.03 bits per heavy atom. The van der Waals surface area contributed by atoms with Gasteiger partial charge in [-0.05, 0) is 64.3 Å². The standard InChI is InChI=1S/C29H34N4O3/c1-28(2)16-21-15-23(35-5)26-22(17-29(3,4)36-26)24(21)25(32-28)19-8-6-9-20(14-19)27(34)31-10-7-12-33-13-11-30-18-33/h6,8-9,11,13-15,18H,7,10,12,16-17H2,1-5H3,(H,31,34). The van der Waals surface area contributed by atoms with Gasteiger partial charge >= 0.3 is 0 Å². The van der Waals surface area contributed by atoms with Gasteiger partial charge in [0.2, 0.25) is 0 Å². The van der Waals surface area contributed by atoms with Crippen LogP contribution in [0.2, 0.25) is 0 Å². The van der Waals surface area contributed by atoms with Crippen LogP contribution >= 0.6 is 0 Å². The number of nitrogens with one attached hydrogen (secondary N) is 1. The fourth-order valence-electron chi connectivity index (χ4n) is 5.22. The molecule has 2 aromatic carbocycles. The summed E-state index contributed by atoms with van der Waals surface area (Å²) in [4.78, 5) is 22.2. The molecule has 0 saturated carbocycles. The van der Waals surface area contributed by atoms with Crippen LogP contribution in [0.15, 0.2) is 54.0 Å². The van der Waals surface area contributed by atoms with Gasteiger partial charge < -0.3 is 19.4 Å². The molecule has 188 valence electrons. The first kappa shape index (κ1) is 24.1. The number of aliphatic imine (C=N–C) groups is 1. The minimum absolute atomic E-state index is 0.0807. The molecule has 0 atom stereocenters. The highest BCUT2D eigenvalue weighted by molar-refractivity contribution is 6.16. The summed E-state index contributed by atoms with van der Waals surface area (Å²) < 4.78 is 14.0. The third kappa shape index (κ3) is 4.74. The highest BCUT2D eigenvalue weighted by Crippen LogP contribution is 2.47. The van der Waals surface area contributed by atoms with Gasteiger partial charge in [0.05, 0.1) is 24.7 Å². The Kier molecular flexibility index (Phi) is 6.10. The Morgan fingerprint density at radius 3 is 2.78 bits per heavy atom. The van der Waals surface area contributed by atoms with E-state index < -0.39 is 0 Å². The molecular formula is C29H34N4O3. The summed E-state index contributed by atoms with van der Waals surface area (Å²) in [5.41, 5.74) is 5.35. The number of fused-ring (bicyclic) bond motifs is 3. The molecule has 0 spiro atoms. The van der Waals surface area contributed by atoms with E-state index in [0.29, 0.717) is 12.1 Å². The maximum absolute atomic E-state index is 13.0. The van der Waals surface area contributed by atoms with Crippen molar-refractivity contribution in [3.63, 3.8) is 0 Å². The van der Waals surface area contributed by atoms with E-state index in [0.717, 1.165) is 59.7 Å². The number of aryl methyl sites for hydroxylation is 1. The van der Waals surface area contributed by atoms with Gasteiger partial charge in [0, 0.05) is 54.2 Å². The first-order valence-corrected chi connectivity index (χ1v) is 12.5. The van der Waals surface area contributed by atoms with Crippen molar-refractivity contribution in [1.82, 2.24) is 14.9 Å². The molecule has 3 aromatic rings. The van der Waals surface area contributed by atoms with Gasteiger partial charge in [0.1, 0.15) is 5.60 Å². The minimum Gasteiger partial charge on any atom is -0.493 e. The van der Waals surface area contributed by atoms with E-state index in [1.165, 1.54) is 5.56 Å². The molecular weight excluding hydrogens is 452 g/mol. The second kappa shape index (κ2) is 9.12. The van der Waals surface area contributed by atoms with Crippen LogP contribution in [-0.4, -0.2) is 46.0 Å². The van der Waals surface area contributed by atoms with E-state index in [4.69, 9.17) is 14.5 Å². The number of carbonyl (C=O) groups is 1. The second-order valence-corrected chi connectivity index (χ2v) is 10.9. The molecule has 1 amide bonds. The number of ether oxygens (including phenoxy) is 2. The highest BCUT2D eigenvalue weighted by Gasteiger charge is 2.39. The lowest BCUT2D eigenvalue weighted by Crippen LogP contribution is -2.31. The molecule has 1 N–H and O–H groups in total. The summed E-state index contributed by atoms with van der Waals surface area (Å²) in [6.07, 6.45) is 7.89. The molecule has 5 rings (SSSR count). The number of imidazole rings is 1. The molecule has 1 aromatic heterocycles. The van der Waals surface area contributed by atoms with Crippen molar-refractivity contribution in [1.29, 1.82) is 0 Å². The van der Waals surface area contributed by atoms with Gasteiger partial charge in [-0.1, -0.05) is 12.1 Å². The molecule has 36 heavy (non-hydrogen) atoms. The molecule has 2 aliphatic heterocycles. The zero-order valence-corrected chi connectivity index (χ0v) is 21.7. The first-order valence-electron chi connectivity index (χ1n) is 12.5. The van der Waals surface area contributed by atoms with Crippen molar-refractivity contribution in [3.05, 3.63) is 76.9 Å². The van der Waals surface area contributed by atoms with E-state index in [2.05, 4.69) is 44.1 Å². The number of carbonyl (C=O) groups excluding carboxylic acids is 1. The largest absolute Gasteiger partial charge is 0.493 e. The lowest BCUT2D eigenvalue weighted by atomic mass is 9.80. The third-order valence-corrected chi connectivity index (χ3v) is 6.74. The van der Waals surface area contributed by atoms with Crippen molar-refractivity contribution in [2.75, 3.05) is 13.7 Å². The average Bonchev–Trinajstić information content (AvgIpc) is 3.46. The fraction of sp³-hybridized carbons (Fsp3) is 0.414. The normalized spacial score (nSPS) is 17.0. The predicted octanol–water partition coefficient (Wildman–Crippen LogP) is 4.60. The average molecular weight is 487 g/mol. The molecule has 0 bridgehead atoms. The number of hydrogen-bond acceptors (Lipinski definition) is 5. The monoisotopic (exact) mass is 486 g/mol. The number of hydrogen-bond donors (Lipinski definition) is 1. The van der Waals surface area contributed by atoms with Gasteiger partial charge in [-0.25, -0.2) is 4.98 Å². The number of methoxy groups -OCH3 is 1.